The van der Waals surface area contributed by atoms with E-state index in [4.69, 9.17) is 0 Å². The molecule has 2 nitrogen and oxygen atoms in total. The van der Waals surface area contributed by atoms with Crippen LogP contribution in [-0.4, -0.2) is 10.8 Å². The summed E-state index contributed by atoms with van der Waals surface area (Å²) < 4.78 is 25.7. The lowest BCUT2D eigenvalue weighted by Crippen LogP contribution is -2.03. The molecule has 0 saturated heterocycles. The van der Waals surface area contributed by atoms with Gasteiger partial charge in [0.2, 0.25) is 0 Å². The van der Waals surface area contributed by atoms with Gasteiger partial charge in [-0.2, -0.15) is 0 Å². The molecule has 17 heavy (non-hydrogen) atoms. The number of carbonyl (C=O) groups is 1. The minimum atomic E-state index is -1.03. The van der Waals surface area contributed by atoms with Gasteiger partial charge in [0.25, 0.3) is 0 Å². The number of pyridine rings is 1. The number of ketones is 1. The zero-order valence-corrected chi connectivity index (χ0v) is 9.08. The molecule has 0 radical (unpaired) electrons. The molecule has 0 bridgehead atoms. The Morgan fingerprint density at radius 3 is 2.47 bits per heavy atom. The van der Waals surface area contributed by atoms with Crippen molar-refractivity contribution in [1.82, 2.24) is 4.98 Å². The molecule has 0 aliphatic rings. The fourth-order valence-corrected chi connectivity index (χ4v) is 1.48. The summed E-state index contributed by atoms with van der Waals surface area (Å²) in [7, 11) is 0. The molecule has 0 amide bonds. The predicted octanol–water partition coefficient (Wildman–Crippen LogP) is 2.90. The number of aromatic nitrogens is 1. The van der Waals surface area contributed by atoms with Crippen molar-refractivity contribution in [3.63, 3.8) is 0 Å². The van der Waals surface area contributed by atoms with Crippen LogP contribution < -0.4 is 0 Å². The van der Waals surface area contributed by atoms with E-state index < -0.39 is 11.6 Å². The second kappa shape index (κ2) is 4.41. The zero-order valence-electron chi connectivity index (χ0n) is 9.08. The van der Waals surface area contributed by atoms with Gasteiger partial charge < -0.3 is 0 Å². The predicted molar refractivity (Wildman–Crippen MR) is 58.8 cm³/mol. The van der Waals surface area contributed by atoms with Gasteiger partial charge in [-0.3, -0.25) is 9.78 Å². The van der Waals surface area contributed by atoms with Crippen LogP contribution in [0.25, 0.3) is 0 Å². The van der Waals surface area contributed by atoms with Crippen LogP contribution in [0.5, 0.6) is 0 Å². The summed E-state index contributed by atoms with van der Waals surface area (Å²) in [6.45, 7) is 1.80. The zero-order chi connectivity index (χ0) is 12.4. The van der Waals surface area contributed by atoms with Crippen LogP contribution in [0.15, 0.2) is 36.7 Å². The van der Waals surface area contributed by atoms with Crippen LogP contribution in [-0.2, 0) is 0 Å². The van der Waals surface area contributed by atoms with E-state index in [0.717, 1.165) is 17.7 Å². The molecule has 0 atom stereocenters. The summed E-state index contributed by atoms with van der Waals surface area (Å²) in [6.07, 6.45) is 3.01. The standard InChI is InChI=1S/C13H9F2NO/c1-8-4-10(7-16-6-8)13(17)9-2-3-11(14)12(15)5-9/h2-7H,1H3. The Kier molecular flexibility index (Phi) is 2.95. The first-order valence-electron chi connectivity index (χ1n) is 4.99. The maximum absolute atomic E-state index is 13.0. The van der Waals surface area contributed by atoms with E-state index in [1.165, 1.54) is 12.3 Å². The molecule has 0 N–H and O–H groups in total. The molecule has 0 aliphatic heterocycles. The van der Waals surface area contributed by atoms with Crippen LogP contribution >= 0.6 is 0 Å². The quantitative estimate of drug-likeness (QED) is 0.746. The van der Waals surface area contributed by atoms with Gasteiger partial charge in [-0.05, 0) is 36.8 Å². The van der Waals surface area contributed by atoms with Crippen LogP contribution in [0.4, 0.5) is 8.78 Å². The normalized spacial score (nSPS) is 10.3. The number of aryl methyl sites for hydroxylation is 1. The fraction of sp³-hybridized carbons (Fsp3) is 0.0769. The molecular weight excluding hydrogens is 224 g/mol. The number of carbonyl (C=O) groups excluding carboxylic acids is 1. The SMILES string of the molecule is Cc1cncc(C(=O)c2ccc(F)c(F)c2)c1. The van der Waals surface area contributed by atoms with E-state index in [-0.39, 0.29) is 11.3 Å². The third-order valence-electron chi connectivity index (χ3n) is 2.32. The van der Waals surface area contributed by atoms with Crippen LogP contribution in [0.1, 0.15) is 21.5 Å². The van der Waals surface area contributed by atoms with Crippen LogP contribution in [0.3, 0.4) is 0 Å². The summed E-state index contributed by atoms with van der Waals surface area (Å²) >= 11 is 0. The van der Waals surface area contributed by atoms with E-state index in [9.17, 15) is 13.6 Å². The second-order valence-electron chi connectivity index (χ2n) is 3.71. The van der Waals surface area contributed by atoms with E-state index >= 15 is 0 Å². The molecular formula is C13H9F2NO. The third kappa shape index (κ3) is 2.36. The summed E-state index contributed by atoms with van der Waals surface area (Å²) in [4.78, 5) is 15.8. The van der Waals surface area contributed by atoms with Gasteiger partial charge in [0, 0.05) is 23.5 Å². The van der Waals surface area contributed by atoms with Gasteiger partial charge in [-0.25, -0.2) is 8.78 Å². The third-order valence-corrected chi connectivity index (χ3v) is 2.32. The maximum atomic E-state index is 13.0. The average molecular weight is 233 g/mol. The van der Waals surface area contributed by atoms with Crippen molar-refractivity contribution in [2.75, 3.05) is 0 Å². The largest absolute Gasteiger partial charge is 0.289 e. The van der Waals surface area contributed by atoms with Crippen molar-refractivity contribution in [2.45, 2.75) is 6.92 Å². The highest BCUT2D eigenvalue weighted by Gasteiger charge is 2.12. The van der Waals surface area contributed by atoms with E-state index in [1.807, 2.05) is 0 Å². The number of halogens is 2. The Morgan fingerprint density at radius 1 is 1.06 bits per heavy atom. The first-order valence-corrected chi connectivity index (χ1v) is 4.99. The smallest absolute Gasteiger partial charge is 0.194 e. The highest BCUT2D eigenvalue weighted by atomic mass is 19.2. The number of hydrogen-bond acceptors (Lipinski definition) is 2. The molecule has 0 aliphatic carbocycles. The van der Waals surface area contributed by atoms with Crippen molar-refractivity contribution in [1.29, 1.82) is 0 Å². The maximum Gasteiger partial charge on any atom is 0.194 e. The molecule has 1 aromatic heterocycles. The molecule has 2 rings (SSSR count). The topological polar surface area (TPSA) is 30.0 Å². The van der Waals surface area contributed by atoms with Crippen molar-refractivity contribution in [3.8, 4) is 0 Å². The Bertz CT molecular complexity index is 581. The van der Waals surface area contributed by atoms with Crippen molar-refractivity contribution >= 4 is 5.78 Å². The highest BCUT2D eigenvalue weighted by molar-refractivity contribution is 6.08. The lowest BCUT2D eigenvalue weighted by atomic mass is 10.0. The highest BCUT2D eigenvalue weighted by Crippen LogP contribution is 2.13. The monoisotopic (exact) mass is 233 g/mol. The molecule has 1 heterocycles. The summed E-state index contributed by atoms with van der Waals surface area (Å²) in [5.74, 6) is -2.37. The summed E-state index contributed by atoms with van der Waals surface area (Å²) in [6, 6.07) is 4.73. The van der Waals surface area contributed by atoms with Gasteiger partial charge in [0.1, 0.15) is 0 Å². The molecule has 0 unspecified atom stereocenters. The fourth-order valence-electron chi connectivity index (χ4n) is 1.48. The second-order valence-corrected chi connectivity index (χ2v) is 3.71. The van der Waals surface area contributed by atoms with Crippen molar-refractivity contribution in [3.05, 3.63) is 65.0 Å². The van der Waals surface area contributed by atoms with Gasteiger partial charge in [0.15, 0.2) is 17.4 Å². The molecule has 1 aromatic carbocycles. The first-order chi connectivity index (χ1) is 8.08. The Balaban J connectivity index is 2.40. The average Bonchev–Trinajstić information content (AvgIpc) is 2.32. The number of rotatable bonds is 2. The minimum absolute atomic E-state index is 0.108. The van der Waals surface area contributed by atoms with Crippen LogP contribution in [0.2, 0.25) is 0 Å². The summed E-state index contributed by atoms with van der Waals surface area (Å²) in [5.41, 5.74) is 1.30. The lowest BCUT2D eigenvalue weighted by Gasteiger charge is -2.02. The Morgan fingerprint density at radius 2 is 1.82 bits per heavy atom. The number of hydrogen-bond donors (Lipinski definition) is 0. The molecule has 0 spiro atoms. The molecule has 86 valence electrons. The lowest BCUT2D eigenvalue weighted by molar-refractivity contribution is 0.103. The first kappa shape index (κ1) is 11.4. The minimum Gasteiger partial charge on any atom is -0.289 e. The molecule has 4 heteroatoms. The Labute approximate surface area is 96.9 Å². The van der Waals surface area contributed by atoms with E-state index in [0.29, 0.717) is 5.56 Å². The number of benzene rings is 1. The van der Waals surface area contributed by atoms with Crippen molar-refractivity contribution < 1.29 is 13.6 Å². The van der Waals surface area contributed by atoms with Crippen LogP contribution in [0, 0.1) is 18.6 Å². The summed E-state index contributed by atoms with van der Waals surface area (Å²) in [5, 5.41) is 0. The van der Waals surface area contributed by atoms with E-state index in [1.54, 1.807) is 19.2 Å². The van der Waals surface area contributed by atoms with Gasteiger partial charge in [-0.1, -0.05) is 0 Å². The Hall–Kier alpha value is -2.10. The molecule has 0 fully saturated rings. The van der Waals surface area contributed by atoms with Gasteiger partial charge >= 0.3 is 0 Å². The van der Waals surface area contributed by atoms with Gasteiger partial charge in [-0.15, -0.1) is 0 Å². The van der Waals surface area contributed by atoms with Gasteiger partial charge in [0.05, 0.1) is 0 Å². The van der Waals surface area contributed by atoms with E-state index in [2.05, 4.69) is 4.98 Å². The molecule has 2 aromatic rings. The molecule has 0 saturated carbocycles. The van der Waals surface area contributed by atoms with Crippen molar-refractivity contribution in [2.24, 2.45) is 0 Å². The number of nitrogens with zero attached hydrogens (tertiary/aromatic N) is 1.